The number of halogens is 1. The van der Waals surface area contributed by atoms with Gasteiger partial charge in [0.15, 0.2) is 11.5 Å². The molecule has 3 rings (SSSR count). The second-order valence-corrected chi connectivity index (χ2v) is 4.80. The Hall–Kier alpha value is -2.13. The summed E-state index contributed by atoms with van der Waals surface area (Å²) in [5, 5.41) is 1.67. The van der Waals surface area contributed by atoms with Crippen molar-refractivity contribution in [3.63, 3.8) is 0 Å². The van der Waals surface area contributed by atoms with Crippen LogP contribution >= 0.6 is 11.6 Å². The molecule has 0 amide bonds. The van der Waals surface area contributed by atoms with Gasteiger partial charge in [0.1, 0.15) is 11.3 Å². The molecule has 20 heavy (non-hydrogen) atoms. The fourth-order valence-corrected chi connectivity index (χ4v) is 2.30. The van der Waals surface area contributed by atoms with Crippen LogP contribution in [0.4, 0.5) is 0 Å². The standard InChI is InChI=1S/C16H13ClO3/c1-18-13-6-4-11(8-16(13)19-2)14-7-10-3-5-12(17)9-15(10)20-14/h3-9H,1-2H3. The number of hydrogen-bond donors (Lipinski definition) is 0. The first kappa shape index (κ1) is 12.9. The zero-order chi connectivity index (χ0) is 14.1. The van der Waals surface area contributed by atoms with Crippen molar-refractivity contribution in [1.29, 1.82) is 0 Å². The number of fused-ring (bicyclic) bond motifs is 1. The Kier molecular flexibility index (Phi) is 3.28. The van der Waals surface area contributed by atoms with E-state index in [1.165, 1.54) is 0 Å². The van der Waals surface area contributed by atoms with Crippen LogP contribution in [0.3, 0.4) is 0 Å². The second kappa shape index (κ2) is 5.10. The van der Waals surface area contributed by atoms with Crippen LogP contribution in [0.1, 0.15) is 0 Å². The number of ether oxygens (including phenoxy) is 2. The minimum atomic E-state index is 0.658. The molecule has 4 heteroatoms. The summed E-state index contributed by atoms with van der Waals surface area (Å²) in [6, 6.07) is 13.2. The molecule has 3 nitrogen and oxygen atoms in total. The summed E-state index contributed by atoms with van der Waals surface area (Å²) in [6.45, 7) is 0. The van der Waals surface area contributed by atoms with E-state index in [1.54, 1.807) is 20.3 Å². The van der Waals surface area contributed by atoms with Gasteiger partial charge >= 0.3 is 0 Å². The summed E-state index contributed by atoms with van der Waals surface area (Å²) in [5.41, 5.74) is 1.69. The fourth-order valence-electron chi connectivity index (χ4n) is 2.14. The normalized spacial score (nSPS) is 10.8. The predicted octanol–water partition coefficient (Wildman–Crippen LogP) is 4.77. The SMILES string of the molecule is COc1ccc(-c2cc3ccc(Cl)cc3o2)cc1OC. The molecule has 1 aromatic heterocycles. The molecule has 1 heterocycles. The summed E-state index contributed by atoms with van der Waals surface area (Å²) in [4.78, 5) is 0. The van der Waals surface area contributed by atoms with Gasteiger partial charge in [-0.1, -0.05) is 11.6 Å². The van der Waals surface area contributed by atoms with Gasteiger partial charge in [-0.15, -0.1) is 0 Å². The third kappa shape index (κ3) is 2.21. The summed E-state index contributed by atoms with van der Waals surface area (Å²) < 4.78 is 16.4. The van der Waals surface area contributed by atoms with Crippen molar-refractivity contribution in [3.05, 3.63) is 47.5 Å². The van der Waals surface area contributed by atoms with Crippen LogP contribution in [0.15, 0.2) is 46.9 Å². The summed E-state index contributed by atoms with van der Waals surface area (Å²) in [7, 11) is 3.22. The minimum absolute atomic E-state index is 0.658. The van der Waals surface area contributed by atoms with E-state index < -0.39 is 0 Å². The van der Waals surface area contributed by atoms with Gasteiger partial charge in [-0.05, 0) is 36.4 Å². The van der Waals surface area contributed by atoms with Crippen molar-refractivity contribution in [2.24, 2.45) is 0 Å². The predicted molar refractivity (Wildman–Crippen MR) is 79.8 cm³/mol. The molecule has 0 saturated carbocycles. The minimum Gasteiger partial charge on any atom is -0.493 e. The van der Waals surface area contributed by atoms with Crippen LogP contribution < -0.4 is 9.47 Å². The van der Waals surface area contributed by atoms with E-state index in [-0.39, 0.29) is 0 Å². The summed E-state index contributed by atoms with van der Waals surface area (Å²) in [6.07, 6.45) is 0. The van der Waals surface area contributed by atoms with Crippen molar-refractivity contribution >= 4 is 22.6 Å². The number of benzene rings is 2. The molecule has 0 unspecified atom stereocenters. The Labute approximate surface area is 121 Å². The van der Waals surface area contributed by atoms with E-state index in [2.05, 4.69) is 0 Å². The molecule has 102 valence electrons. The zero-order valence-corrected chi connectivity index (χ0v) is 11.9. The highest BCUT2D eigenvalue weighted by Gasteiger charge is 2.10. The topological polar surface area (TPSA) is 31.6 Å². The lowest BCUT2D eigenvalue weighted by Gasteiger charge is -2.08. The third-order valence-corrected chi connectivity index (χ3v) is 3.39. The van der Waals surface area contributed by atoms with Crippen LogP contribution in [0.25, 0.3) is 22.3 Å². The molecule has 0 atom stereocenters. The molecular weight excluding hydrogens is 276 g/mol. The van der Waals surface area contributed by atoms with E-state index in [4.69, 9.17) is 25.5 Å². The maximum atomic E-state index is 5.96. The molecule has 0 fully saturated rings. The Morgan fingerprint density at radius 2 is 1.70 bits per heavy atom. The Morgan fingerprint density at radius 1 is 0.900 bits per heavy atom. The lowest BCUT2D eigenvalue weighted by molar-refractivity contribution is 0.355. The van der Waals surface area contributed by atoms with Gasteiger partial charge < -0.3 is 13.9 Å². The summed E-state index contributed by atoms with van der Waals surface area (Å²) >= 11 is 5.96. The van der Waals surface area contributed by atoms with Crippen molar-refractivity contribution in [1.82, 2.24) is 0 Å². The molecule has 0 spiro atoms. The maximum Gasteiger partial charge on any atom is 0.161 e. The molecule has 0 saturated heterocycles. The van der Waals surface area contributed by atoms with E-state index in [1.807, 2.05) is 36.4 Å². The first-order valence-corrected chi connectivity index (χ1v) is 6.50. The number of methoxy groups -OCH3 is 2. The molecule has 0 N–H and O–H groups in total. The van der Waals surface area contributed by atoms with E-state index in [0.717, 1.165) is 22.3 Å². The number of furan rings is 1. The quantitative estimate of drug-likeness (QED) is 0.695. The first-order valence-electron chi connectivity index (χ1n) is 6.13. The smallest absolute Gasteiger partial charge is 0.161 e. The average Bonchev–Trinajstić information content (AvgIpc) is 2.89. The van der Waals surface area contributed by atoms with Gasteiger partial charge in [-0.2, -0.15) is 0 Å². The molecule has 0 radical (unpaired) electrons. The van der Waals surface area contributed by atoms with Crippen molar-refractivity contribution < 1.29 is 13.9 Å². The molecule has 0 bridgehead atoms. The highest BCUT2D eigenvalue weighted by atomic mass is 35.5. The van der Waals surface area contributed by atoms with Gasteiger partial charge in [0.25, 0.3) is 0 Å². The molecular formula is C16H13ClO3. The van der Waals surface area contributed by atoms with Crippen molar-refractivity contribution in [2.45, 2.75) is 0 Å². The van der Waals surface area contributed by atoms with Crippen LogP contribution in [0.5, 0.6) is 11.5 Å². The van der Waals surface area contributed by atoms with Gasteiger partial charge in [0, 0.05) is 22.0 Å². The highest BCUT2D eigenvalue weighted by Crippen LogP contribution is 2.35. The Morgan fingerprint density at radius 3 is 2.45 bits per heavy atom. The third-order valence-electron chi connectivity index (χ3n) is 3.15. The molecule has 0 aliphatic heterocycles. The van der Waals surface area contributed by atoms with Gasteiger partial charge in [0.05, 0.1) is 14.2 Å². The van der Waals surface area contributed by atoms with E-state index in [0.29, 0.717) is 16.5 Å². The first-order chi connectivity index (χ1) is 9.71. The van der Waals surface area contributed by atoms with Crippen molar-refractivity contribution in [3.8, 4) is 22.8 Å². The van der Waals surface area contributed by atoms with Gasteiger partial charge in [0.2, 0.25) is 0 Å². The van der Waals surface area contributed by atoms with Gasteiger partial charge in [-0.25, -0.2) is 0 Å². The Balaban J connectivity index is 2.10. The lowest BCUT2D eigenvalue weighted by atomic mass is 10.1. The van der Waals surface area contributed by atoms with Crippen molar-refractivity contribution in [2.75, 3.05) is 14.2 Å². The zero-order valence-electron chi connectivity index (χ0n) is 11.1. The highest BCUT2D eigenvalue weighted by molar-refractivity contribution is 6.31. The maximum absolute atomic E-state index is 5.96. The fraction of sp³-hybridized carbons (Fsp3) is 0.125. The van der Waals surface area contributed by atoms with E-state index in [9.17, 15) is 0 Å². The van der Waals surface area contributed by atoms with E-state index >= 15 is 0 Å². The Bertz CT molecular complexity index is 762. The van der Waals surface area contributed by atoms with Crippen LogP contribution in [-0.2, 0) is 0 Å². The lowest BCUT2D eigenvalue weighted by Crippen LogP contribution is -1.90. The number of rotatable bonds is 3. The van der Waals surface area contributed by atoms with Crippen LogP contribution in [0, 0.1) is 0 Å². The summed E-state index contributed by atoms with van der Waals surface area (Å²) in [5.74, 6) is 2.13. The monoisotopic (exact) mass is 288 g/mol. The average molecular weight is 289 g/mol. The number of hydrogen-bond acceptors (Lipinski definition) is 3. The van der Waals surface area contributed by atoms with Gasteiger partial charge in [-0.3, -0.25) is 0 Å². The van der Waals surface area contributed by atoms with Crippen LogP contribution in [0.2, 0.25) is 5.02 Å². The molecule has 0 aliphatic rings. The largest absolute Gasteiger partial charge is 0.493 e. The molecule has 2 aromatic carbocycles. The molecule has 0 aliphatic carbocycles. The van der Waals surface area contributed by atoms with Crippen LogP contribution in [-0.4, -0.2) is 14.2 Å². The second-order valence-electron chi connectivity index (χ2n) is 4.36. The molecule has 3 aromatic rings.